The van der Waals surface area contributed by atoms with Crippen LogP contribution in [0.2, 0.25) is 0 Å². The molecule has 3 heteroatoms. The van der Waals surface area contributed by atoms with E-state index in [0.29, 0.717) is 12.0 Å². The molecule has 2 unspecified atom stereocenters. The Bertz CT molecular complexity index is 339. The van der Waals surface area contributed by atoms with E-state index in [9.17, 15) is 0 Å². The van der Waals surface area contributed by atoms with Gasteiger partial charge in [0.15, 0.2) is 0 Å². The van der Waals surface area contributed by atoms with Gasteiger partial charge in [-0.3, -0.25) is 4.98 Å². The third-order valence-electron chi connectivity index (χ3n) is 2.99. The van der Waals surface area contributed by atoms with Crippen LogP contribution in [0.1, 0.15) is 45.7 Å². The van der Waals surface area contributed by atoms with Crippen LogP contribution in [-0.2, 0) is 0 Å². The highest BCUT2D eigenvalue weighted by Gasteiger charge is 2.16. The van der Waals surface area contributed by atoms with E-state index in [2.05, 4.69) is 30.2 Å². The van der Waals surface area contributed by atoms with Crippen molar-refractivity contribution in [3.8, 4) is 5.75 Å². The first-order valence-corrected chi connectivity index (χ1v) is 6.37. The molecule has 0 aliphatic carbocycles. The molecule has 1 heterocycles. The molecule has 96 valence electrons. The SMILES string of the molecule is CCC(C)C(NC)c1cncc(OC(C)C)c1. The number of pyridine rings is 1. The number of nitrogens with zero attached hydrogens (tertiary/aromatic N) is 1. The summed E-state index contributed by atoms with van der Waals surface area (Å²) < 4.78 is 5.67. The summed E-state index contributed by atoms with van der Waals surface area (Å²) in [5.74, 6) is 1.43. The number of hydrogen-bond acceptors (Lipinski definition) is 3. The quantitative estimate of drug-likeness (QED) is 0.823. The maximum atomic E-state index is 5.67. The minimum absolute atomic E-state index is 0.184. The molecule has 3 nitrogen and oxygen atoms in total. The van der Waals surface area contributed by atoms with Gasteiger partial charge in [-0.15, -0.1) is 0 Å². The van der Waals surface area contributed by atoms with Crippen molar-refractivity contribution < 1.29 is 4.74 Å². The van der Waals surface area contributed by atoms with Crippen molar-refractivity contribution in [3.05, 3.63) is 24.0 Å². The van der Waals surface area contributed by atoms with Gasteiger partial charge in [-0.1, -0.05) is 20.3 Å². The lowest BCUT2D eigenvalue weighted by Gasteiger charge is -2.23. The number of ether oxygens (including phenoxy) is 1. The Hall–Kier alpha value is -1.09. The fourth-order valence-electron chi connectivity index (χ4n) is 1.96. The van der Waals surface area contributed by atoms with E-state index < -0.39 is 0 Å². The van der Waals surface area contributed by atoms with E-state index >= 15 is 0 Å². The van der Waals surface area contributed by atoms with Gasteiger partial charge in [0.05, 0.1) is 12.3 Å². The largest absolute Gasteiger partial charge is 0.489 e. The normalized spacial score (nSPS) is 14.7. The van der Waals surface area contributed by atoms with Crippen LogP contribution in [0.3, 0.4) is 0 Å². The topological polar surface area (TPSA) is 34.2 Å². The summed E-state index contributed by atoms with van der Waals surface area (Å²) in [6, 6.07) is 2.42. The summed E-state index contributed by atoms with van der Waals surface area (Å²) in [7, 11) is 1.99. The second-order valence-electron chi connectivity index (χ2n) is 4.77. The molecule has 0 spiro atoms. The molecule has 1 aromatic rings. The molecule has 0 radical (unpaired) electrons. The molecule has 0 aliphatic heterocycles. The van der Waals surface area contributed by atoms with Gasteiger partial charge < -0.3 is 10.1 Å². The average molecular weight is 236 g/mol. The van der Waals surface area contributed by atoms with E-state index in [1.807, 2.05) is 27.1 Å². The van der Waals surface area contributed by atoms with E-state index in [0.717, 1.165) is 12.2 Å². The van der Waals surface area contributed by atoms with Crippen molar-refractivity contribution in [2.45, 2.75) is 46.3 Å². The predicted octanol–water partition coefficient (Wildman–Crippen LogP) is 3.18. The highest BCUT2D eigenvalue weighted by Crippen LogP contribution is 2.26. The maximum absolute atomic E-state index is 5.67. The summed E-state index contributed by atoms with van der Waals surface area (Å²) >= 11 is 0. The standard InChI is InChI=1S/C14H24N2O/c1-6-11(4)14(15-5)12-7-13(9-16-8-12)17-10(2)3/h7-11,14-15H,6H2,1-5H3. The van der Waals surface area contributed by atoms with Gasteiger partial charge in [-0.25, -0.2) is 0 Å². The van der Waals surface area contributed by atoms with Crippen LogP contribution < -0.4 is 10.1 Å². The second-order valence-corrected chi connectivity index (χ2v) is 4.77. The predicted molar refractivity (Wildman–Crippen MR) is 71.3 cm³/mol. The van der Waals surface area contributed by atoms with Gasteiger partial charge in [0.25, 0.3) is 0 Å². The van der Waals surface area contributed by atoms with Crippen molar-refractivity contribution in [3.63, 3.8) is 0 Å². The summed E-state index contributed by atoms with van der Waals surface area (Å²) in [4.78, 5) is 4.26. The van der Waals surface area contributed by atoms with Crippen LogP contribution in [0.15, 0.2) is 18.5 Å². The van der Waals surface area contributed by atoms with E-state index in [1.165, 1.54) is 5.56 Å². The number of hydrogen-bond donors (Lipinski definition) is 1. The summed E-state index contributed by atoms with van der Waals surface area (Å²) in [6.45, 7) is 8.50. The third-order valence-corrected chi connectivity index (χ3v) is 2.99. The highest BCUT2D eigenvalue weighted by molar-refractivity contribution is 5.26. The fourth-order valence-corrected chi connectivity index (χ4v) is 1.96. The molecule has 1 aromatic heterocycles. The molecular weight excluding hydrogens is 212 g/mol. The van der Waals surface area contributed by atoms with Crippen LogP contribution in [-0.4, -0.2) is 18.1 Å². The van der Waals surface area contributed by atoms with Crippen LogP contribution >= 0.6 is 0 Å². The first-order chi connectivity index (χ1) is 8.08. The zero-order valence-electron chi connectivity index (χ0n) is 11.5. The summed E-state index contributed by atoms with van der Waals surface area (Å²) in [5.41, 5.74) is 1.19. The Morgan fingerprint density at radius 2 is 2.00 bits per heavy atom. The Morgan fingerprint density at radius 1 is 1.29 bits per heavy atom. The molecule has 0 fully saturated rings. The zero-order chi connectivity index (χ0) is 12.8. The lowest BCUT2D eigenvalue weighted by molar-refractivity contribution is 0.240. The Labute approximate surface area is 105 Å². The molecular formula is C14H24N2O. The van der Waals surface area contributed by atoms with Crippen molar-refractivity contribution in [2.75, 3.05) is 7.05 Å². The molecule has 0 aliphatic rings. The van der Waals surface area contributed by atoms with Crippen LogP contribution in [0.25, 0.3) is 0 Å². The monoisotopic (exact) mass is 236 g/mol. The lowest BCUT2D eigenvalue weighted by atomic mass is 9.94. The maximum Gasteiger partial charge on any atom is 0.138 e. The summed E-state index contributed by atoms with van der Waals surface area (Å²) in [6.07, 6.45) is 5.01. The molecule has 0 saturated heterocycles. The minimum Gasteiger partial charge on any atom is -0.489 e. The van der Waals surface area contributed by atoms with E-state index in [1.54, 1.807) is 6.20 Å². The second kappa shape index (κ2) is 6.60. The van der Waals surface area contributed by atoms with Crippen molar-refractivity contribution >= 4 is 0 Å². The Morgan fingerprint density at radius 3 is 2.53 bits per heavy atom. The van der Waals surface area contributed by atoms with Crippen LogP contribution in [0.5, 0.6) is 5.75 Å². The number of nitrogens with one attached hydrogen (secondary N) is 1. The lowest BCUT2D eigenvalue weighted by Crippen LogP contribution is -2.23. The molecule has 0 amide bonds. The zero-order valence-corrected chi connectivity index (χ0v) is 11.5. The van der Waals surface area contributed by atoms with Gasteiger partial charge >= 0.3 is 0 Å². The van der Waals surface area contributed by atoms with Gasteiger partial charge in [0, 0.05) is 12.2 Å². The molecule has 1 rings (SSSR count). The Balaban J connectivity index is 2.88. The number of rotatable bonds is 6. The van der Waals surface area contributed by atoms with Crippen molar-refractivity contribution in [2.24, 2.45) is 5.92 Å². The highest BCUT2D eigenvalue weighted by atomic mass is 16.5. The third kappa shape index (κ3) is 4.00. The molecule has 0 aromatic carbocycles. The molecule has 1 N–H and O–H groups in total. The van der Waals surface area contributed by atoms with Gasteiger partial charge in [-0.2, -0.15) is 0 Å². The van der Waals surface area contributed by atoms with Gasteiger partial charge in [-0.05, 0) is 38.4 Å². The Kier molecular flexibility index (Phi) is 5.42. The van der Waals surface area contributed by atoms with Crippen molar-refractivity contribution in [1.29, 1.82) is 0 Å². The average Bonchev–Trinajstić information content (AvgIpc) is 2.29. The fraction of sp³-hybridized carbons (Fsp3) is 0.643. The summed E-state index contributed by atoms with van der Waals surface area (Å²) in [5, 5.41) is 3.35. The number of aromatic nitrogens is 1. The van der Waals surface area contributed by atoms with Crippen LogP contribution in [0, 0.1) is 5.92 Å². The van der Waals surface area contributed by atoms with Crippen molar-refractivity contribution in [1.82, 2.24) is 10.3 Å². The van der Waals surface area contributed by atoms with E-state index in [4.69, 9.17) is 4.74 Å². The first kappa shape index (κ1) is 14.0. The smallest absolute Gasteiger partial charge is 0.138 e. The van der Waals surface area contributed by atoms with Crippen LogP contribution in [0.4, 0.5) is 0 Å². The van der Waals surface area contributed by atoms with Gasteiger partial charge in [0.2, 0.25) is 0 Å². The molecule has 0 bridgehead atoms. The molecule has 2 atom stereocenters. The molecule has 17 heavy (non-hydrogen) atoms. The molecule has 0 saturated carbocycles. The first-order valence-electron chi connectivity index (χ1n) is 6.37. The van der Waals surface area contributed by atoms with Gasteiger partial charge in [0.1, 0.15) is 5.75 Å². The minimum atomic E-state index is 0.184. The van der Waals surface area contributed by atoms with E-state index in [-0.39, 0.29) is 6.10 Å².